The third kappa shape index (κ3) is 2.61. The molecule has 21 heavy (non-hydrogen) atoms. The van der Waals surface area contributed by atoms with E-state index in [4.69, 9.17) is 0 Å². The summed E-state index contributed by atoms with van der Waals surface area (Å²) in [7, 11) is 1.94. The predicted molar refractivity (Wildman–Crippen MR) is 78.0 cm³/mol. The Hall–Kier alpha value is -1.30. The Balaban J connectivity index is 1.67. The molecule has 6 heteroatoms. The summed E-state index contributed by atoms with van der Waals surface area (Å²) in [5.41, 5.74) is 0. The molecule has 3 aliphatic rings. The molecule has 6 nitrogen and oxygen atoms in total. The lowest BCUT2D eigenvalue weighted by Gasteiger charge is -2.37. The van der Waals surface area contributed by atoms with Crippen molar-refractivity contribution in [3.05, 3.63) is 0 Å². The summed E-state index contributed by atoms with van der Waals surface area (Å²) < 4.78 is 0. The van der Waals surface area contributed by atoms with E-state index in [1.54, 1.807) is 0 Å². The van der Waals surface area contributed by atoms with E-state index < -0.39 is 5.97 Å². The van der Waals surface area contributed by atoms with E-state index in [9.17, 15) is 14.7 Å². The van der Waals surface area contributed by atoms with E-state index in [0.29, 0.717) is 12.3 Å². The van der Waals surface area contributed by atoms with E-state index in [2.05, 4.69) is 5.32 Å². The van der Waals surface area contributed by atoms with Gasteiger partial charge in [-0.05, 0) is 51.6 Å². The molecule has 0 aromatic heterocycles. The molecular weight excluding hydrogens is 270 g/mol. The van der Waals surface area contributed by atoms with E-state index in [1.807, 2.05) is 16.8 Å². The fourth-order valence-electron chi connectivity index (χ4n) is 4.41. The van der Waals surface area contributed by atoms with Crippen LogP contribution in [0.5, 0.6) is 0 Å². The Morgan fingerprint density at radius 1 is 1.29 bits per heavy atom. The standard InChI is InChI=1S/C15H25N3O3/c1-16-8-10-3-2-6-17(9-10)15(21)18-11-4-5-13(18)12(7-11)14(19)20/h10-13,16H,2-9H2,1H3,(H,19,20). The molecule has 4 unspecified atom stereocenters. The number of piperidine rings is 1. The molecule has 0 aromatic carbocycles. The molecule has 3 fully saturated rings. The minimum atomic E-state index is -0.744. The Morgan fingerprint density at radius 3 is 2.76 bits per heavy atom. The third-order valence-electron chi connectivity index (χ3n) is 5.36. The first kappa shape index (κ1) is 14.6. The molecule has 4 atom stereocenters. The lowest BCUT2D eigenvalue weighted by molar-refractivity contribution is -0.142. The molecular formula is C15H25N3O3. The fraction of sp³-hybridized carbons (Fsp3) is 0.867. The highest BCUT2D eigenvalue weighted by Crippen LogP contribution is 2.42. The van der Waals surface area contributed by atoms with Crippen LogP contribution < -0.4 is 5.32 Å². The SMILES string of the molecule is CNCC1CCCN(C(=O)N2C3CCC2C(C(=O)O)C3)C1. The van der Waals surface area contributed by atoms with Gasteiger partial charge in [0.05, 0.1) is 5.92 Å². The second-order valence-corrected chi connectivity index (χ2v) is 6.68. The average Bonchev–Trinajstić information content (AvgIpc) is 3.05. The largest absolute Gasteiger partial charge is 0.481 e. The Labute approximate surface area is 125 Å². The smallest absolute Gasteiger partial charge is 0.320 e. The molecule has 0 radical (unpaired) electrons. The van der Waals surface area contributed by atoms with E-state index in [1.165, 1.54) is 0 Å². The monoisotopic (exact) mass is 295 g/mol. The van der Waals surface area contributed by atoms with E-state index >= 15 is 0 Å². The molecule has 118 valence electrons. The maximum Gasteiger partial charge on any atom is 0.320 e. The number of aliphatic carboxylic acids is 1. The lowest BCUT2D eigenvalue weighted by atomic mass is 9.89. The Morgan fingerprint density at radius 2 is 2.10 bits per heavy atom. The van der Waals surface area contributed by atoms with Crippen LogP contribution in [0.1, 0.15) is 32.1 Å². The molecule has 0 saturated carbocycles. The molecule has 2 N–H and O–H groups in total. The van der Waals surface area contributed by atoms with Gasteiger partial charge in [0.15, 0.2) is 0 Å². The summed E-state index contributed by atoms with van der Waals surface area (Å²) in [4.78, 5) is 28.0. The second kappa shape index (κ2) is 5.83. The summed E-state index contributed by atoms with van der Waals surface area (Å²) in [6.07, 6.45) is 4.66. The van der Waals surface area contributed by atoms with Gasteiger partial charge < -0.3 is 20.2 Å². The van der Waals surface area contributed by atoms with Crippen molar-refractivity contribution in [2.45, 2.75) is 44.2 Å². The Bertz CT molecular complexity index is 426. The molecule has 3 rings (SSSR count). The minimum Gasteiger partial charge on any atom is -0.481 e. The summed E-state index contributed by atoms with van der Waals surface area (Å²) in [5.74, 6) is -0.583. The molecule has 0 spiro atoms. The summed E-state index contributed by atoms with van der Waals surface area (Å²) >= 11 is 0. The summed E-state index contributed by atoms with van der Waals surface area (Å²) in [6, 6.07) is 0.144. The zero-order valence-electron chi connectivity index (χ0n) is 12.6. The van der Waals surface area contributed by atoms with Crippen LogP contribution in [0.3, 0.4) is 0 Å². The lowest BCUT2D eigenvalue weighted by Crippen LogP contribution is -2.50. The van der Waals surface area contributed by atoms with Gasteiger partial charge in [-0.2, -0.15) is 0 Å². The van der Waals surface area contributed by atoms with Crippen LogP contribution in [-0.2, 0) is 4.79 Å². The van der Waals surface area contributed by atoms with Crippen molar-refractivity contribution in [3.63, 3.8) is 0 Å². The Kier molecular flexibility index (Phi) is 4.06. The number of amides is 2. The zero-order valence-corrected chi connectivity index (χ0v) is 12.6. The minimum absolute atomic E-state index is 0.0760. The van der Waals surface area contributed by atoms with Crippen LogP contribution >= 0.6 is 0 Å². The highest BCUT2D eigenvalue weighted by molar-refractivity contribution is 5.79. The number of hydrogen-bond acceptors (Lipinski definition) is 3. The van der Waals surface area contributed by atoms with Gasteiger partial charge in [0.2, 0.25) is 0 Å². The van der Waals surface area contributed by atoms with Crippen LogP contribution in [0.25, 0.3) is 0 Å². The van der Waals surface area contributed by atoms with Crippen molar-refractivity contribution < 1.29 is 14.7 Å². The molecule has 3 heterocycles. The number of nitrogens with zero attached hydrogens (tertiary/aromatic N) is 2. The van der Waals surface area contributed by atoms with Crippen LogP contribution in [0, 0.1) is 11.8 Å². The first-order valence-corrected chi connectivity index (χ1v) is 8.06. The van der Waals surface area contributed by atoms with Crippen molar-refractivity contribution in [2.75, 3.05) is 26.7 Å². The van der Waals surface area contributed by atoms with Gasteiger partial charge >= 0.3 is 12.0 Å². The maximum absolute atomic E-state index is 12.8. The highest BCUT2D eigenvalue weighted by Gasteiger charge is 2.52. The number of carbonyl (C=O) groups is 2. The van der Waals surface area contributed by atoms with Gasteiger partial charge in [-0.3, -0.25) is 4.79 Å². The van der Waals surface area contributed by atoms with Gasteiger partial charge in [-0.15, -0.1) is 0 Å². The quantitative estimate of drug-likeness (QED) is 0.814. The zero-order chi connectivity index (χ0) is 15.0. The van der Waals surface area contributed by atoms with Gasteiger partial charge in [-0.25, -0.2) is 4.79 Å². The molecule has 0 aliphatic carbocycles. The van der Waals surface area contributed by atoms with Crippen LogP contribution in [0.15, 0.2) is 0 Å². The van der Waals surface area contributed by atoms with Crippen molar-refractivity contribution in [1.82, 2.24) is 15.1 Å². The van der Waals surface area contributed by atoms with Crippen LogP contribution in [-0.4, -0.2) is 65.7 Å². The first-order chi connectivity index (χ1) is 10.1. The number of carboxylic acids is 1. The summed E-state index contributed by atoms with van der Waals surface area (Å²) in [6.45, 7) is 2.55. The van der Waals surface area contributed by atoms with Crippen molar-refractivity contribution in [2.24, 2.45) is 11.8 Å². The van der Waals surface area contributed by atoms with Crippen LogP contribution in [0.4, 0.5) is 4.79 Å². The number of carbonyl (C=O) groups excluding carboxylic acids is 1. The number of likely N-dealkylation sites (tertiary alicyclic amines) is 1. The third-order valence-corrected chi connectivity index (χ3v) is 5.36. The number of hydrogen-bond donors (Lipinski definition) is 2. The van der Waals surface area contributed by atoms with Gasteiger partial charge in [-0.1, -0.05) is 0 Å². The number of urea groups is 1. The summed E-state index contributed by atoms with van der Waals surface area (Å²) in [5, 5.41) is 12.5. The first-order valence-electron chi connectivity index (χ1n) is 8.06. The molecule has 2 bridgehead atoms. The number of carboxylic acid groups (broad SMARTS) is 1. The second-order valence-electron chi connectivity index (χ2n) is 6.68. The molecule has 2 amide bonds. The number of rotatable bonds is 3. The molecule has 3 saturated heterocycles. The van der Waals surface area contributed by atoms with Crippen molar-refractivity contribution in [3.8, 4) is 0 Å². The highest BCUT2D eigenvalue weighted by atomic mass is 16.4. The molecule has 3 aliphatic heterocycles. The van der Waals surface area contributed by atoms with Crippen LogP contribution in [0.2, 0.25) is 0 Å². The van der Waals surface area contributed by atoms with Gasteiger partial charge in [0.1, 0.15) is 0 Å². The van der Waals surface area contributed by atoms with Crippen molar-refractivity contribution in [1.29, 1.82) is 0 Å². The van der Waals surface area contributed by atoms with Crippen molar-refractivity contribution >= 4 is 12.0 Å². The van der Waals surface area contributed by atoms with Gasteiger partial charge in [0, 0.05) is 25.2 Å². The number of fused-ring (bicyclic) bond motifs is 2. The topological polar surface area (TPSA) is 72.9 Å². The average molecular weight is 295 g/mol. The molecule has 0 aromatic rings. The van der Waals surface area contributed by atoms with E-state index in [0.717, 1.165) is 45.3 Å². The predicted octanol–water partition coefficient (Wildman–Crippen LogP) is 0.975. The van der Waals surface area contributed by atoms with Gasteiger partial charge in [0.25, 0.3) is 0 Å². The fourth-order valence-corrected chi connectivity index (χ4v) is 4.41. The normalized spacial score (nSPS) is 35.3. The number of nitrogens with one attached hydrogen (secondary N) is 1. The van der Waals surface area contributed by atoms with E-state index in [-0.39, 0.29) is 24.0 Å². The maximum atomic E-state index is 12.8.